The van der Waals surface area contributed by atoms with Crippen molar-refractivity contribution in [2.75, 3.05) is 5.73 Å². The second-order valence-corrected chi connectivity index (χ2v) is 2.81. The van der Waals surface area contributed by atoms with Crippen molar-refractivity contribution in [3.63, 3.8) is 0 Å². The smallest absolute Gasteiger partial charge is 0.336 e. The molecule has 3 N–H and O–H groups in total. The topological polar surface area (TPSA) is 63.3 Å². The van der Waals surface area contributed by atoms with Crippen LogP contribution in [0, 0.1) is 0 Å². The first-order valence-electron chi connectivity index (χ1n) is 2.90. The molecule has 0 saturated heterocycles. The molecule has 1 aromatic rings. The molecule has 1 aromatic carbocycles. The van der Waals surface area contributed by atoms with Gasteiger partial charge in [-0.05, 0) is 28.1 Å². The number of benzene rings is 1. The van der Waals surface area contributed by atoms with Gasteiger partial charge in [-0.2, -0.15) is 0 Å². The van der Waals surface area contributed by atoms with Gasteiger partial charge >= 0.3 is 5.97 Å². The van der Waals surface area contributed by atoms with Crippen molar-refractivity contribution >= 4 is 27.6 Å². The molecule has 1 rings (SSSR count). The van der Waals surface area contributed by atoms with Crippen molar-refractivity contribution in [1.82, 2.24) is 0 Å². The van der Waals surface area contributed by atoms with Crippen LogP contribution in [0.3, 0.4) is 0 Å². The summed E-state index contributed by atoms with van der Waals surface area (Å²) in [6.45, 7) is 0. The van der Waals surface area contributed by atoms with E-state index < -0.39 is 5.97 Å². The van der Waals surface area contributed by atoms with Crippen LogP contribution in [0.25, 0.3) is 0 Å². The van der Waals surface area contributed by atoms with Crippen molar-refractivity contribution in [1.29, 1.82) is 0 Å². The van der Waals surface area contributed by atoms with Crippen molar-refractivity contribution < 1.29 is 9.90 Å². The maximum absolute atomic E-state index is 10.5. The van der Waals surface area contributed by atoms with Crippen molar-refractivity contribution in [3.05, 3.63) is 28.2 Å². The first kappa shape index (κ1) is 8.07. The van der Waals surface area contributed by atoms with Crippen LogP contribution in [-0.4, -0.2) is 11.1 Å². The average molecular weight is 216 g/mol. The Morgan fingerprint density at radius 2 is 2.18 bits per heavy atom. The SMILES string of the molecule is Nc1cccc(C(=O)O)c1Br. The molecule has 3 nitrogen and oxygen atoms in total. The van der Waals surface area contributed by atoms with E-state index in [-0.39, 0.29) is 5.56 Å². The second-order valence-electron chi connectivity index (χ2n) is 2.01. The molecule has 58 valence electrons. The minimum absolute atomic E-state index is 0.185. The number of aromatic carboxylic acids is 1. The third-order valence-electron chi connectivity index (χ3n) is 1.26. The molecule has 0 saturated carbocycles. The molecule has 0 atom stereocenters. The fourth-order valence-corrected chi connectivity index (χ4v) is 1.15. The van der Waals surface area contributed by atoms with Crippen LogP contribution in [-0.2, 0) is 0 Å². The summed E-state index contributed by atoms with van der Waals surface area (Å²) in [5.74, 6) is -0.982. The summed E-state index contributed by atoms with van der Waals surface area (Å²) in [6.07, 6.45) is 0. The predicted molar refractivity (Wildman–Crippen MR) is 45.5 cm³/mol. The Morgan fingerprint density at radius 3 is 2.64 bits per heavy atom. The highest BCUT2D eigenvalue weighted by Gasteiger charge is 2.08. The first-order chi connectivity index (χ1) is 5.13. The fraction of sp³-hybridized carbons (Fsp3) is 0. The van der Waals surface area contributed by atoms with Gasteiger partial charge in [-0.3, -0.25) is 0 Å². The van der Waals surface area contributed by atoms with Gasteiger partial charge in [-0.15, -0.1) is 0 Å². The summed E-state index contributed by atoms with van der Waals surface area (Å²) < 4.78 is 0.438. The Labute approximate surface area is 72.0 Å². The van der Waals surface area contributed by atoms with Crippen molar-refractivity contribution in [2.24, 2.45) is 0 Å². The summed E-state index contributed by atoms with van der Waals surface area (Å²) in [7, 11) is 0. The Balaban J connectivity index is 3.27. The number of nitrogen functional groups attached to an aromatic ring is 1. The zero-order chi connectivity index (χ0) is 8.43. The molecule has 0 spiro atoms. The monoisotopic (exact) mass is 215 g/mol. The van der Waals surface area contributed by atoms with Crippen LogP contribution in [0.1, 0.15) is 10.4 Å². The van der Waals surface area contributed by atoms with Crippen LogP contribution in [0.4, 0.5) is 5.69 Å². The van der Waals surface area contributed by atoms with Gasteiger partial charge in [-0.25, -0.2) is 4.79 Å². The Bertz CT molecular complexity index is 298. The second kappa shape index (κ2) is 2.92. The highest BCUT2D eigenvalue weighted by atomic mass is 79.9. The lowest BCUT2D eigenvalue weighted by atomic mass is 10.2. The number of carboxylic acids is 1. The van der Waals surface area contributed by atoms with Gasteiger partial charge in [0, 0.05) is 5.69 Å². The molecule has 0 aliphatic heterocycles. The summed E-state index contributed by atoms with van der Waals surface area (Å²) in [6, 6.07) is 4.73. The molecule has 0 unspecified atom stereocenters. The van der Waals surface area contributed by atoms with E-state index in [1.54, 1.807) is 12.1 Å². The van der Waals surface area contributed by atoms with Gasteiger partial charge in [0.05, 0.1) is 10.0 Å². The summed E-state index contributed by atoms with van der Waals surface area (Å²) in [5.41, 5.74) is 6.07. The molecular weight excluding hydrogens is 210 g/mol. The van der Waals surface area contributed by atoms with E-state index in [1.807, 2.05) is 0 Å². The molecule has 0 aromatic heterocycles. The molecule has 4 heteroatoms. The van der Waals surface area contributed by atoms with E-state index in [2.05, 4.69) is 15.9 Å². The third-order valence-corrected chi connectivity index (χ3v) is 2.14. The predicted octanol–water partition coefficient (Wildman–Crippen LogP) is 1.73. The van der Waals surface area contributed by atoms with E-state index in [1.165, 1.54) is 6.07 Å². The lowest BCUT2D eigenvalue weighted by Crippen LogP contribution is -1.99. The number of anilines is 1. The van der Waals surface area contributed by atoms with Gasteiger partial charge in [-0.1, -0.05) is 6.07 Å². The molecule has 0 aliphatic rings. The largest absolute Gasteiger partial charge is 0.478 e. The summed E-state index contributed by atoms with van der Waals surface area (Å²) >= 11 is 3.07. The summed E-state index contributed by atoms with van der Waals surface area (Å²) in [5, 5.41) is 8.60. The van der Waals surface area contributed by atoms with E-state index in [0.29, 0.717) is 10.2 Å². The van der Waals surface area contributed by atoms with Gasteiger partial charge in [0.1, 0.15) is 0 Å². The number of halogens is 1. The maximum atomic E-state index is 10.5. The molecule has 0 radical (unpaired) electrons. The molecule has 0 fully saturated rings. The summed E-state index contributed by atoms with van der Waals surface area (Å²) in [4.78, 5) is 10.5. The van der Waals surface area contributed by atoms with Crippen LogP contribution in [0.2, 0.25) is 0 Å². The molecule has 0 heterocycles. The van der Waals surface area contributed by atoms with E-state index >= 15 is 0 Å². The Morgan fingerprint density at radius 1 is 1.55 bits per heavy atom. The molecular formula is C7H6BrNO2. The van der Waals surface area contributed by atoms with E-state index in [9.17, 15) is 4.79 Å². The van der Waals surface area contributed by atoms with E-state index in [0.717, 1.165) is 0 Å². The number of carboxylic acid groups (broad SMARTS) is 1. The minimum atomic E-state index is -0.982. The maximum Gasteiger partial charge on any atom is 0.336 e. The number of rotatable bonds is 1. The van der Waals surface area contributed by atoms with Gasteiger partial charge in [0.2, 0.25) is 0 Å². The van der Waals surface area contributed by atoms with Crippen molar-refractivity contribution in [2.45, 2.75) is 0 Å². The standard InChI is InChI=1S/C7H6BrNO2/c8-6-4(7(10)11)2-1-3-5(6)9/h1-3H,9H2,(H,10,11). The zero-order valence-electron chi connectivity index (χ0n) is 5.54. The zero-order valence-corrected chi connectivity index (χ0v) is 7.13. The van der Waals surface area contributed by atoms with Crippen LogP contribution < -0.4 is 5.73 Å². The number of hydrogen-bond donors (Lipinski definition) is 2. The quantitative estimate of drug-likeness (QED) is 0.702. The minimum Gasteiger partial charge on any atom is -0.478 e. The number of nitrogens with two attached hydrogens (primary N) is 1. The highest BCUT2D eigenvalue weighted by molar-refractivity contribution is 9.10. The molecule has 0 amide bonds. The van der Waals surface area contributed by atoms with Gasteiger partial charge in [0.25, 0.3) is 0 Å². The highest BCUT2D eigenvalue weighted by Crippen LogP contribution is 2.23. The normalized spacial score (nSPS) is 9.55. The Hall–Kier alpha value is -1.03. The lowest BCUT2D eigenvalue weighted by molar-refractivity contribution is 0.0696. The molecule has 0 bridgehead atoms. The van der Waals surface area contributed by atoms with E-state index in [4.69, 9.17) is 10.8 Å². The number of carbonyl (C=O) groups is 1. The Kier molecular flexibility index (Phi) is 2.14. The van der Waals surface area contributed by atoms with Crippen LogP contribution >= 0.6 is 15.9 Å². The lowest BCUT2D eigenvalue weighted by Gasteiger charge is -2.00. The number of hydrogen-bond acceptors (Lipinski definition) is 2. The molecule has 0 aliphatic carbocycles. The fourth-order valence-electron chi connectivity index (χ4n) is 0.715. The first-order valence-corrected chi connectivity index (χ1v) is 3.69. The van der Waals surface area contributed by atoms with Gasteiger partial charge < -0.3 is 10.8 Å². The van der Waals surface area contributed by atoms with Gasteiger partial charge in [0.15, 0.2) is 0 Å². The van der Waals surface area contributed by atoms with Crippen molar-refractivity contribution in [3.8, 4) is 0 Å². The molecule has 11 heavy (non-hydrogen) atoms. The van der Waals surface area contributed by atoms with Crippen LogP contribution in [0.15, 0.2) is 22.7 Å². The third kappa shape index (κ3) is 1.51. The average Bonchev–Trinajstić information content (AvgIpc) is 1.94. The van der Waals surface area contributed by atoms with Crippen LogP contribution in [0.5, 0.6) is 0 Å².